The van der Waals surface area contributed by atoms with Crippen LogP contribution in [0, 0.1) is 10.5 Å². The van der Waals surface area contributed by atoms with Gasteiger partial charge in [-0.15, -0.1) is 0 Å². The molecule has 0 unspecified atom stereocenters. The van der Waals surface area contributed by atoms with Gasteiger partial charge in [0.2, 0.25) is 0 Å². The number of aryl methyl sites for hydroxylation is 1. The van der Waals surface area contributed by atoms with Gasteiger partial charge in [0.05, 0.1) is 16.3 Å². The third-order valence-corrected chi connectivity index (χ3v) is 4.48. The zero-order chi connectivity index (χ0) is 14.0. The highest BCUT2D eigenvalue weighted by Gasteiger charge is 2.13. The fourth-order valence-electron chi connectivity index (χ4n) is 1.61. The Bertz CT molecular complexity index is 645. The number of carbonyl (C=O) groups excluding carboxylic acids is 1. The molecule has 0 aliphatic carbocycles. The maximum atomic E-state index is 12.2. The number of benzene rings is 2. The van der Waals surface area contributed by atoms with E-state index in [0.29, 0.717) is 10.6 Å². The van der Waals surface area contributed by atoms with E-state index in [1.165, 1.54) is 0 Å². The largest absolute Gasteiger partial charge is 0.321 e. The summed E-state index contributed by atoms with van der Waals surface area (Å²) in [5.41, 5.74) is 2.10. The molecule has 1 N–H and O–H groups in total. The van der Waals surface area contributed by atoms with Gasteiger partial charge < -0.3 is 5.32 Å². The molecule has 19 heavy (non-hydrogen) atoms. The molecule has 0 aromatic heterocycles. The third kappa shape index (κ3) is 3.49. The molecule has 98 valence electrons. The van der Waals surface area contributed by atoms with Gasteiger partial charge in [-0.1, -0.05) is 23.7 Å². The molecule has 0 heterocycles. The Morgan fingerprint density at radius 2 is 2.05 bits per heavy atom. The van der Waals surface area contributed by atoms with Crippen LogP contribution in [0.1, 0.15) is 15.9 Å². The van der Waals surface area contributed by atoms with Gasteiger partial charge >= 0.3 is 0 Å². The van der Waals surface area contributed by atoms with E-state index in [1.54, 1.807) is 6.07 Å². The summed E-state index contributed by atoms with van der Waals surface area (Å²) < 4.78 is 1.89. The molecule has 1 amide bonds. The molecule has 2 aromatic carbocycles. The topological polar surface area (TPSA) is 29.1 Å². The van der Waals surface area contributed by atoms with E-state index in [0.717, 1.165) is 19.3 Å². The van der Waals surface area contributed by atoms with Crippen molar-refractivity contribution in [3.8, 4) is 0 Å². The Morgan fingerprint density at radius 1 is 1.32 bits per heavy atom. The van der Waals surface area contributed by atoms with Crippen molar-refractivity contribution >= 4 is 61.7 Å². The maximum Gasteiger partial charge on any atom is 0.257 e. The summed E-state index contributed by atoms with van der Waals surface area (Å²) in [5, 5.41) is 3.35. The summed E-state index contributed by atoms with van der Waals surface area (Å²) >= 11 is 11.8. The standard InChI is InChI=1S/C14H10BrClINO/c1-8-3-2-4-10(13(8)16)14(19)18-12-7-9(17)5-6-11(12)15/h2-7H,1H3,(H,18,19). The zero-order valence-corrected chi connectivity index (χ0v) is 14.5. The molecule has 5 heteroatoms. The molecule has 0 bridgehead atoms. The van der Waals surface area contributed by atoms with Crippen LogP contribution < -0.4 is 5.32 Å². The van der Waals surface area contributed by atoms with Crippen LogP contribution >= 0.6 is 50.1 Å². The van der Waals surface area contributed by atoms with Gasteiger partial charge in [0.1, 0.15) is 0 Å². The predicted octanol–water partition coefficient (Wildman–Crippen LogP) is 5.27. The second kappa shape index (κ2) is 6.24. The minimum Gasteiger partial charge on any atom is -0.321 e. The first kappa shape index (κ1) is 14.8. The summed E-state index contributed by atoms with van der Waals surface area (Å²) in [6.07, 6.45) is 0. The van der Waals surface area contributed by atoms with Gasteiger partial charge in [-0.2, -0.15) is 0 Å². The van der Waals surface area contributed by atoms with Gasteiger partial charge in [0.25, 0.3) is 5.91 Å². The van der Waals surface area contributed by atoms with E-state index in [2.05, 4.69) is 43.8 Å². The number of nitrogens with one attached hydrogen (secondary N) is 1. The summed E-state index contributed by atoms with van der Waals surface area (Å²) in [7, 11) is 0. The molecule has 2 aromatic rings. The van der Waals surface area contributed by atoms with Crippen molar-refractivity contribution in [2.75, 3.05) is 5.32 Å². The van der Waals surface area contributed by atoms with Gasteiger partial charge in [-0.3, -0.25) is 4.79 Å². The lowest BCUT2D eigenvalue weighted by atomic mass is 10.1. The van der Waals surface area contributed by atoms with Crippen molar-refractivity contribution in [1.82, 2.24) is 0 Å². The van der Waals surface area contributed by atoms with E-state index in [-0.39, 0.29) is 5.91 Å². The number of anilines is 1. The number of hydrogen-bond donors (Lipinski definition) is 1. The molecule has 0 atom stereocenters. The van der Waals surface area contributed by atoms with Gasteiger partial charge in [0.15, 0.2) is 0 Å². The highest BCUT2D eigenvalue weighted by molar-refractivity contribution is 14.1. The van der Waals surface area contributed by atoms with Crippen LogP contribution in [-0.4, -0.2) is 5.91 Å². The average Bonchev–Trinajstić information content (AvgIpc) is 2.37. The number of hydrogen-bond acceptors (Lipinski definition) is 1. The molecule has 0 aliphatic heterocycles. The lowest BCUT2D eigenvalue weighted by molar-refractivity contribution is 0.102. The fraction of sp³-hybridized carbons (Fsp3) is 0.0714. The van der Waals surface area contributed by atoms with Crippen LogP contribution in [0.15, 0.2) is 40.9 Å². The van der Waals surface area contributed by atoms with Crippen molar-refractivity contribution in [3.05, 3.63) is 60.6 Å². The predicted molar refractivity (Wildman–Crippen MR) is 91.0 cm³/mol. The number of amides is 1. The minimum absolute atomic E-state index is 0.212. The molecule has 0 radical (unpaired) electrons. The fourth-order valence-corrected chi connectivity index (χ4v) is 2.65. The first-order valence-electron chi connectivity index (χ1n) is 5.50. The molecule has 0 saturated heterocycles. The Kier molecular flexibility index (Phi) is 4.86. The quantitative estimate of drug-likeness (QED) is 0.621. The summed E-state index contributed by atoms with van der Waals surface area (Å²) in [4.78, 5) is 12.2. The molecular weight excluding hydrogens is 440 g/mol. The van der Waals surface area contributed by atoms with Crippen LogP contribution in [0.5, 0.6) is 0 Å². The normalized spacial score (nSPS) is 10.3. The van der Waals surface area contributed by atoms with Crippen LogP contribution in [-0.2, 0) is 0 Å². The number of rotatable bonds is 2. The molecule has 0 spiro atoms. The van der Waals surface area contributed by atoms with E-state index in [4.69, 9.17) is 11.6 Å². The summed E-state index contributed by atoms with van der Waals surface area (Å²) in [6, 6.07) is 11.2. The monoisotopic (exact) mass is 449 g/mol. The smallest absolute Gasteiger partial charge is 0.257 e. The summed E-state index contributed by atoms with van der Waals surface area (Å²) in [5.74, 6) is -0.212. The second-order valence-electron chi connectivity index (χ2n) is 4.01. The van der Waals surface area contributed by atoms with E-state index in [1.807, 2.05) is 37.3 Å². The third-order valence-electron chi connectivity index (χ3n) is 2.61. The van der Waals surface area contributed by atoms with Gasteiger partial charge in [0, 0.05) is 8.04 Å². The number of halogens is 3. The van der Waals surface area contributed by atoms with Crippen molar-refractivity contribution in [3.63, 3.8) is 0 Å². The molecular formula is C14H10BrClINO. The van der Waals surface area contributed by atoms with Gasteiger partial charge in [-0.05, 0) is 75.3 Å². The Hall–Kier alpha value is -0.590. The van der Waals surface area contributed by atoms with Crippen LogP contribution in [0.2, 0.25) is 5.02 Å². The Balaban J connectivity index is 2.31. The van der Waals surface area contributed by atoms with Crippen molar-refractivity contribution in [1.29, 1.82) is 0 Å². The van der Waals surface area contributed by atoms with Crippen molar-refractivity contribution < 1.29 is 4.79 Å². The van der Waals surface area contributed by atoms with Crippen molar-refractivity contribution in [2.45, 2.75) is 6.92 Å². The highest BCUT2D eigenvalue weighted by Crippen LogP contribution is 2.26. The lowest BCUT2D eigenvalue weighted by Gasteiger charge is -2.10. The molecule has 2 rings (SSSR count). The van der Waals surface area contributed by atoms with E-state index in [9.17, 15) is 4.79 Å². The lowest BCUT2D eigenvalue weighted by Crippen LogP contribution is -2.13. The molecule has 0 saturated carbocycles. The van der Waals surface area contributed by atoms with Crippen molar-refractivity contribution in [2.24, 2.45) is 0 Å². The Morgan fingerprint density at radius 3 is 2.79 bits per heavy atom. The zero-order valence-electron chi connectivity index (χ0n) is 10.0. The maximum absolute atomic E-state index is 12.2. The van der Waals surface area contributed by atoms with Crippen LogP contribution in [0.3, 0.4) is 0 Å². The van der Waals surface area contributed by atoms with E-state index < -0.39 is 0 Å². The van der Waals surface area contributed by atoms with Gasteiger partial charge in [-0.25, -0.2) is 0 Å². The van der Waals surface area contributed by atoms with Crippen LogP contribution in [0.4, 0.5) is 5.69 Å². The number of carbonyl (C=O) groups is 1. The SMILES string of the molecule is Cc1cccc(C(=O)Nc2cc(I)ccc2Br)c1Cl. The first-order chi connectivity index (χ1) is 8.99. The van der Waals surface area contributed by atoms with E-state index >= 15 is 0 Å². The molecule has 0 aliphatic rings. The average molecular weight is 451 g/mol. The minimum atomic E-state index is -0.212. The second-order valence-corrected chi connectivity index (χ2v) is 6.49. The summed E-state index contributed by atoms with van der Waals surface area (Å²) in [6.45, 7) is 1.88. The highest BCUT2D eigenvalue weighted by atomic mass is 127. The molecule has 0 fully saturated rings. The first-order valence-corrected chi connectivity index (χ1v) is 7.75. The molecule has 2 nitrogen and oxygen atoms in total. The van der Waals surface area contributed by atoms with Crippen LogP contribution in [0.25, 0.3) is 0 Å². The Labute approximate surface area is 138 Å².